The van der Waals surface area contributed by atoms with Crippen molar-refractivity contribution >= 4 is 29.7 Å². The molecule has 0 saturated heterocycles. The maximum atomic E-state index is 13.6. The molecule has 0 heterocycles. The Balaban J connectivity index is 1.54. The second-order valence-corrected chi connectivity index (χ2v) is 12.0. The zero-order chi connectivity index (χ0) is 38.1. The van der Waals surface area contributed by atoms with E-state index in [-0.39, 0.29) is 36.7 Å². The number of amides is 2. The number of rotatable bonds is 13. The number of nitrogens with zero attached hydrogens (tertiary/aromatic N) is 1. The van der Waals surface area contributed by atoms with Crippen molar-refractivity contribution in [2.24, 2.45) is 5.92 Å². The van der Waals surface area contributed by atoms with E-state index in [4.69, 9.17) is 14.2 Å². The Morgan fingerprint density at radius 1 is 0.769 bits per heavy atom. The van der Waals surface area contributed by atoms with Crippen molar-refractivity contribution in [3.63, 3.8) is 0 Å². The summed E-state index contributed by atoms with van der Waals surface area (Å²) in [5, 5.41) is 2.84. The molecule has 10 nitrogen and oxygen atoms in total. The van der Waals surface area contributed by atoms with Gasteiger partial charge in [0.15, 0.2) is 0 Å². The summed E-state index contributed by atoms with van der Waals surface area (Å²) in [5.41, 5.74) is -1.37. The predicted octanol–water partition coefficient (Wildman–Crippen LogP) is 5.67. The van der Waals surface area contributed by atoms with Crippen LogP contribution in [-0.4, -0.2) is 74.6 Å². The van der Waals surface area contributed by atoms with E-state index in [1.165, 1.54) is 55.4 Å². The van der Waals surface area contributed by atoms with Gasteiger partial charge < -0.3 is 24.4 Å². The smallest absolute Gasteiger partial charge is 0.416 e. The molecule has 1 N–H and O–H groups in total. The molecule has 13 heteroatoms. The third-order valence-corrected chi connectivity index (χ3v) is 8.33. The van der Waals surface area contributed by atoms with Crippen molar-refractivity contribution in [3.05, 3.63) is 119 Å². The van der Waals surface area contributed by atoms with Crippen LogP contribution >= 0.6 is 0 Å². The van der Waals surface area contributed by atoms with E-state index in [1.54, 1.807) is 62.4 Å². The summed E-state index contributed by atoms with van der Waals surface area (Å²) in [4.78, 5) is 68.1. The second kappa shape index (κ2) is 17.0. The fourth-order valence-electron chi connectivity index (χ4n) is 5.67. The summed E-state index contributed by atoms with van der Waals surface area (Å²) in [7, 11) is 3.07. The number of hydrogen-bond donors (Lipinski definition) is 1. The van der Waals surface area contributed by atoms with E-state index >= 15 is 0 Å². The fraction of sp³-hybridized carbons (Fsp3) is 0.308. The molecule has 0 bridgehead atoms. The maximum absolute atomic E-state index is 13.6. The lowest BCUT2D eigenvalue weighted by Gasteiger charge is -2.30. The average Bonchev–Trinajstić information content (AvgIpc) is 3.12. The molecule has 52 heavy (non-hydrogen) atoms. The van der Waals surface area contributed by atoms with E-state index in [0.717, 1.165) is 12.1 Å². The summed E-state index contributed by atoms with van der Waals surface area (Å²) in [6.07, 6.45) is -0.232. The van der Waals surface area contributed by atoms with Gasteiger partial charge in [-0.15, -0.1) is 0 Å². The lowest BCUT2D eigenvalue weighted by atomic mass is 9.81. The molecule has 0 fully saturated rings. The molecule has 3 aromatic rings. The summed E-state index contributed by atoms with van der Waals surface area (Å²) in [6, 6.07) is 18.0. The molecule has 0 spiro atoms. The first-order valence-corrected chi connectivity index (χ1v) is 16.5. The van der Waals surface area contributed by atoms with Gasteiger partial charge in [-0.05, 0) is 54.3 Å². The number of nitrogens with one attached hydrogen (secondary N) is 1. The lowest BCUT2D eigenvalue weighted by Crippen LogP contribution is -2.50. The van der Waals surface area contributed by atoms with Crippen LogP contribution in [0.15, 0.2) is 103 Å². The Morgan fingerprint density at radius 2 is 1.37 bits per heavy atom. The zero-order valence-electron chi connectivity index (χ0n) is 29.1. The first-order valence-electron chi connectivity index (χ1n) is 16.5. The number of halogens is 3. The van der Waals surface area contributed by atoms with Gasteiger partial charge in [-0.2, -0.15) is 13.2 Å². The lowest BCUT2D eigenvalue weighted by molar-refractivity contribution is -0.170. The van der Waals surface area contributed by atoms with Crippen LogP contribution in [0.5, 0.6) is 0 Å². The molecule has 4 rings (SSSR count). The van der Waals surface area contributed by atoms with Crippen molar-refractivity contribution in [1.82, 2.24) is 10.2 Å². The Morgan fingerprint density at radius 3 is 1.94 bits per heavy atom. The number of ether oxygens (including phenoxy) is 3. The van der Waals surface area contributed by atoms with Gasteiger partial charge in [0.2, 0.25) is 11.3 Å². The highest BCUT2D eigenvalue weighted by atomic mass is 19.4. The largest absolute Gasteiger partial charge is 0.465 e. The zero-order valence-corrected chi connectivity index (χ0v) is 29.1. The van der Waals surface area contributed by atoms with Crippen LogP contribution in [-0.2, 0) is 45.0 Å². The van der Waals surface area contributed by atoms with Crippen molar-refractivity contribution in [3.8, 4) is 11.1 Å². The SMILES string of the molecule is CCOC(=O)C(COC(=O)CC1=CC(C(=O)N(C)C)C(NC(=O)c2ccccc2-c2ccc(C(F)(F)F)cc2)C=C1)(C(=O)OCC)c1ccccc1. The molecule has 0 radical (unpaired) electrons. The van der Waals surface area contributed by atoms with Crippen molar-refractivity contribution in [1.29, 1.82) is 0 Å². The summed E-state index contributed by atoms with van der Waals surface area (Å²) in [5.74, 6) is -4.61. The Kier molecular flexibility index (Phi) is 12.8. The topological polar surface area (TPSA) is 128 Å². The third kappa shape index (κ3) is 8.95. The molecular weight excluding hydrogens is 681 g/mol. The number of benzene rings is 3. The summed E-state index contributed by atoms with van der Waals surface area (Å²) < 4.78 is 55.4. The highest BCUT2D eigenvalue weighted by molar-refractivity contribution is 6.07. The Hall–Kier alpha value is -5.72. The second-order valence-electron chi connectivity index (χ2n) is 12.0. The number of esters is 3. The van der Waals surface area contributed by atoms with E-state index in [1.807, 2.05) is 0 Å². The molecule has 1 aliphatic rings. The number of hydrogen-bond acceptors (Lipinski definition) is 8. The van der Waals surface area contributed by atoms with Gasteiger partial charge in [0.1, 0.15) is 6.61 Å². The minimum absolute atomic E-state index is 0.0436. The number of allylic oxidation sites excluding steroid dienone is 1. The molecular formula is C39H39F3N2O8. The molecule has 3 aromatic carbocycles. The van der Waals surface area contributed by atoms with E-state index in [9.17, 15) is 37.1 Å². The van der Waals surface area contributed by atoms with E-state index in [2.05, 4.69) is 5.32 Å². The number of alkyl halides is 3. The van der Waals surface area contributed by atoms with Crippen molar-refractivity contribution in [2.75, 3.05) is 33.9 Å². The van der Waals surface area contributed by atoms with Crippen molar-refractivity contribution in [2.45, 2.75) is 37.9 Å². The Labute approximate surface area is 299 Å². The normalized spacial score (nSPS) is 15.6. The monoisotopic (exact) mass is 720 g/mol. The quantitative estimate of drug-likeness (QED) is 0.136. The van der Waals surface area contributed by atoms with Gasteiger partial charge in [0.25, 0.3) is 5.91 Å². The van der Waals surface area contributed by atoms with Gasteiger partial charge in [0, 0.05) is 19.7 Å². The van der Waals surface area contributed by atoms with Gasteiger partial charge in [0.05, 0.1) is 37.2 Å². The molecule has 1 aliphatic carbocycles. The molecule has 0 aliphatic heterocycles. The number of carbonyl (C=O) groups excluding carboxylic acids is 5. The Bertz CT molecular complexity index is 1820. The third-order valence-electron chi connectivity index (χ3n) is 8.33. The molecule has 2 atom stereocenters. The van der Waals surface area contributed by atoms with Crippen LogP contribution in [0.4, 0.5) is 13.2 Å². The van der Waals surface area contributed by atoms with Gasteiger partial charge in [-0.1, -0.05) is 78.9 Å². The molecule has 274 valence electrons. The highest BCUT2D eigenvalue weighted by Gasteiger charge is 2.52. The van der Waals surface area contributed by atoms with Gasteiger partial charge >= 0.3 is 24.1 Å². The highest BCUT2D eigenvalue weighted by Crippen LogP contribution is 2.33. The number of carbonyl (C=O) groups is 5. The van der Waals surface area contributed by atoms with Crippen LogP contribution in [0.25, 0.3) is 11.1 Å². The van der Waals surface area contributed by atoms with Gasteiger partial charge in [-0.25, -0.2) is 0 Å². The standard InChI is InChI=1S/C39H39F3N2O8/c1-5-50-36(48)38(37(49)51-6-2,27-12-8-7-9-13-27)24-52-33(45)23-25-16-21-32(31(22-25)35(47)44(3)4)43-34(46)30-15-11-10-14-29(30)26-17-19-28(20-18-26)39(40,41)42/h7-22,31-32H,5-6,23-24H2,1-4H3,(H,43,46). The summed E-state index contributed by atoms with van der Waals surface area (Å²) >= 11 is 0. The molecule has 2 unspecified atom stereocenters. The van der Waals surface area contributed by atoms with Crippen LogP contribution in [0, 0.1) is 5.92 Å². The molecule has 0 saturated carbocycles. The fourth-order valence-corrected chi connectivity index (χ4v) is 5.67. The van der Waals surface area contributed by atoms with E-state index < -0.39 is 59.5 Å². The first-order chi connectivity index (χ1) is 24.7. The van der Waals surface area contributed by atoms with Gasteiger partial charge in [-0.3, -0.25) is 24.0 Å². The molecule has 2 amide bonds. The maximum Gasteiger partial charge on any atom is 0.416 e. The van der Waals surface area contributed by atoms with Crippen LogP contribution in [0.1, 0.15) is 41.8 Å². The van der Waals surface area contributed by atoms with Crippen LogP contribution in [0.3, 0.4) is 0 Å². The predicted molar refractivity (Wildman–Crippen MR) is 185 cm³/mol. The van der Waals surface area contributed by atoms with E-state index in [0.29, 0.717) is 16.7 Å². The molecule has 0 aromatic heterocycles. The average molecular weight is 721 g/mol. The first kappa shape index (κ1) is 39.1. The van der Waals surface area contributed by atoms with Crippen molar-refractivity contribution < 1.29 is 51.4 Å². The van der Waals surface area contributed by atoms with Crippen LogP contribution < -0.4 is 5.32 Å². The van der Waals surface area contributed by atoms with Crippen LogP contribution in [0.2, 0.25) is 0 Å². The summed E-state index contributed by atoms with van der Waals surface area (Å²) in [6.45, 7) is 2.36. The minimum Gasteiger partial charge on any atom is -0.465 e. The minimum atomic E-state index is -4.52.